The minimum atomic E-state index is -0.976. The van der Waals surface area contributed by atoms with Crippen molar-refractivity contribution in [3.8, 4) is 0 Å². The first kappa shape index (κ1) is 22.6. The summed E-state index contributed by atoms with van der Waals surface area (Å²) in [7, 11) is 1.27. The van der Waals surface area contributed by atoms with Crippen LogP contribution in [-0.4, -0.2) is 27.2 Å². The van der Waals surface area contributed by atoms with Crippen molar-refractivity contribution in [2.45, 2.75) is 52.6 Å². The van der Waals surface area contributed by atoms with E-state index in [0.717, 1.165) is 32.2 Å². The van der Waals surface area contributed by atoms with E-state index >= 15 is 0 Å². The summed E-state index contributed by atoms with van der Waals surface area (Å²) in [6, 6.07) is 9.87. The van der Waals surface area contributed by atoms with Crippen LogP contribution in [0.2, 0.25) is 0 Å². The van der Waals surface area contributed by atoms with Gasteiger partial charge >= 0.3 is 11.7 Å². The number of methoxy groups -OCH3 is 1. The van der Waals surface area contributed by atoms with Gasteiger partial charge in [0.1, 0.15) is 6.04 Å². The SMILES string of the molecule is CCCC(C(=O)OC)n1c(=O)c2ccccc2n(C(C)c2c[nH]c3cc(C)cc(C)c23)c1=O. The molecule has 7 nitrogen and oxygen atoms in total. The minimum absolute atomic E-state index is 0.333. The molecule has 0 aliphatic heterocycles. The van der Waals surface area contributed by atoms with Crippen LogP contribution >= 0.6 is 0 Å². The molecule has 0 saturated carbocycles. The fourth-order valence-corrected chi connectivity index (χ4v) is 4.87. The van der Waals surface area contributed by atoms with Gasteiger partial charge in [0.15, 0.2) is 0 Å². The number of carbonyl (C=O) groups excluding carboxylic acids is 1. The van der Waals surface area contributed by atoms with Crippen molar-refractivity contribution >= 4 is 27.8 Å². The van der Waals surface area contributed by atoms with E-state index in [1.54, 1.807) is 22.8 Å². The van der Waals surface area contributed by atoms with Crippen LogP contribution in [0.1, 0.15) is 55.5 Å². The van der Waals surface area contributed by atoms with Gasteiger partial charge in [0.2, 0.25) is 0 Å². The summed E-state index contributed by atoms with van der Waals surface area (Å²) >= 11 is 0. The number of H-pyrrole nitrogens is 1. The highest BCUT2D eigenvalue weighted by atomic mass is 16.5. The van der Waals surface area contributed by atoms with Crippen LogP contribution in [0.25, 0.3) is 21.8 Å². The molecular weight excluding hydrogens is 418 g/mol. The third kappa shape index (κ3) is 3.67. The highest BCUT2D eigenvalue weighted by Crippen LogP contribution is 2.31. The molecule has 0 spiro atoms. The van der Waals surface area contributed by atoms with Crippen molar-refractivity contribution in [1.82, 2.24) is 14.1 Å². The second kappa shape index (κ2) is 8.73. The molecule has 0 aliphatic carbocycles. The van der Waals surface area contributed by atoms with Gasteiger partial charge < -0.3 is 9.72 Å². The number of para-hydroxylation sites is 1. The molecule has 4 rings (SSSR count). The Morgan fingerprint density at radius 1 is 1.12 bits per heavy atom. The van der Waals surface area contributed by atoms with Crippen LogP contribution in [0.4, 0.5) is 0 Å². The molecule has 172 valence electrons. The molecule has 0 saturated heterocycles. The third-order valence-electron chi connectivity index (χ3n) is 6.36. The Morgan fingerprint density at radius 2 is 1.85 bits per heavy atom. The van der Waals surface area contributed by atoms with Crippen molar-refractivity contribution in [2.75, 3.05) is 7.11 Å². The van der Waals surface area contributed by atoms with Gasteiger partial charge in [0, 0.05) is 22.7 Å². The average molecular weight is 448 g/mol. The molecular formula is C26H29N3O4. The van der Waals surface area contributed by atoms with Gasteiger partial charge in [-0.25, -0.2) is 14.2 Å². The van der Waals surface area contributed by atoms with Crippen LogP contribution in [0, 0.1) is 13.8 Å². The fourth-order valence-electron chi connectivity index (χ4n) is 4.87. The fraction of sp³-hybridized carbons (Fsp3) is 0.346. The van der Waals surface area contributed by atoms with Crippen molar-refractivity contribution in [1.29, 1.82) is 0 Å². The zero-order valence-corrected chi connectivity index (χ0v) is 19.6. The van der Waals surface area contributed by atoms with E-state index in [2.05, 4.69) is 24.0 Å². The number of ether oxygens (including phenoxy) is 1. The van der Waals surface area contributed by atoms with Crippen molar-refractivity contribution in [3.63, 3.8) is 0 Å². The van der Waals surface area contributed by atoms with Crippen LogP contribution in [0.3, 0.4) is 0 Å². The molecule has 2 aromatic carbocycles. The summed E-state index contributed by atoms with van der Waals surface area (Å²) in [6.07, 6.45) is 2.87. The lowest BCUT2D eigenvalue weighted by atomic mass is 10.0. The van der Waals surface area contributed by atoms with Gasteiger partial charge in [-0.2, -0.15) is 0 Å². The molecule has 2 heterocycles. The summed E-state index contributed by atoms with van der Waals surface area (Å²) in [4.78, 5) is 43.1. The second-order valence-electron chi connectivity index (χ2n) is 8.60. The number of hydrogen-bond donors (Lipinski definition) is 1. The Balaban J connectivity index is 2.05. The lowest BCUT2D eigenvalue weighted by Gasteiger charge is -2.23. The van der Waals surface area contributed by atoms with Crippen LogP contribution in [0.5, 0.6) is 0 Å². The Morgan fingerprint density at radius 3 is 2.55 bits per heavy atom. The van der Waals surface area contributed by atoms with E-state index in [9.17, 15) is 14.4 Å². The number of rotatable bonds is 6. The number of benzene rings is 2. The zero-order valence-electron chi connectivity index (χ0n) is 19.6. The molecule has 0 radical (unpaired) electrons. The van der Waals surface area contributed by atoms with E-state index in [1.807, 2.05) is 33.0 Å². The lowest BCUT2D eigenvalue weighted by molar-refractivity contribution is -0.145. The van der Waals surface area contributed by atoms with Crippen molar-refractivity contribution in [3.05, 3.63) is 80.1 Å². The Kier molecular flexibility index (Phi) is 5.97. The lowest BCUT2D eigenvalue weighted by Crippen LogP contribution is -2.45. The Hall–Kier alpha value is -3.61. The first-order chi connectivity index (χ1) is 15.8. The summed E-state index contributed by atoms with van der Waals surface area (Å²) in [5.41, 5.74) is 3.75. The number of hydrogen-bond acceptors (Lipinski definition) is 4. The average Bonchev–Trinajstić information content (AvgIpc) is 3.22. The zero-order chi connectivity index (χ0) is 23.9. The van der Waals surface area contributed by atoms with Gasteiger partial charge in [-0.1, -0.05) is 31.5 Å². The number of nitrogens with zero attached hydrogens (tertiary/aromatic N) is 2. The molecule has 0 amide bonds. The molecule has 2 atom stereocenters. The van der Waals surface area contributed by atoms with E-state index in [4.69, 9.17) is 4.74 Å². The Labute approximate surface area is 191 Å². The Bertz CT molecular complexity index is 1470. The van der Waals surface area contributed by atoms with Gasteiger partial charge in [0.05, 0.1) is 24.1 Å². The molecule has 33 heavy (non-hydrogen) atoms. The highest BCUT2D eigenvalue weighted by Gasteiger charge is 2.28. The molecule has 2 unspecified atom stereocenters. The standard InChI is InChI=1S/C26H29N3O4/c1-6-9-22(25(31)33-5)29-24(30)18-10-7-8-11-21(18)28(26(29)32)17(4)19-14-27-20-13-15(2)12-16(3)23(19)20/h7-8,10-14,17,22,27H,6,9H2,1-5H3. The first-order valence-electron chi connectivity index (χ1n) is 11.2. The van der Waals surface area contributed by atoms with E-state index in [-0.39, 0.29) is 6.04 Å². The largest absolute Gasteiger partial charge is 0.467 e. The monoisotopic (exact) mass is 447 g/mol. The molecule has 4 aromatic rings. The topological polar surface area (TPSA) is 86.1 Å². The maximum Gasteiger partial charge on any atom is 0.332 e. The molecule has 0 aliphatic rings. The van der Waals surface area contributed by atoms with Gasteiger partial charge in [-0.15, -0.1) is 0 Å². The van der Waals surface area contributed by atoms with Crippen LogP contribution in [-0.2, 0) is 9.53 Å². The normalized spacial score (nSPS) is 13.4. The number of aryl methyl sites for hydroxylation is 2. The van der Waals surface area contributed by atoms with Gasteiger partial charge in [-0.05, 0) is 56.5 Å². The first-order valence-corrected chi connectivity index (χ1v) is 11.2. The second-order valence-corrected chi connectivity index (χ2v) is 8.60. The molecule has 7 heteroatoms. The van der Waals surface area contributed by atoms with Crippen LogP contribution in [0.15, 0.2) is 52.2 Å². The van der Waals surface area contributed by atoms with Crippen molar-refractivity contribution in [2.24, 2.45) is 0 Å². The number of esters is 1. The van der Waals surface area contributed by atoms with Gasteiger partial charge in [0.25, 0.3) is 5.56 Å². The number of nitrogens with one attached hydrogen (secondary N) is 1. The predicted octanol–water partition coefficient (Wildman–Crippen LogP) is 4.38. The van der Waals surface area contributed by atoms with E-state index in [0.29, 0.717) is 23.7 Å². The predicted molar refractivity (Wildman–Crippen MR) is 130 cm³/mol. The summed E-state index contributed by atoms with van der Waals surface area (Å²) in [5, 5.41) is 1.45. The molecule has 0 fully saturated rings. The van der Waals surface area contributed by atoms with Gasteiger partial charge in [-0.3, -0.25) is 9.36 Å². The molecule has 1 N–H and O–H groups in total. The summed E-state index contributed by atoms with van der Waals surface area (Å²) < 4.78 is 7.63. The number of aromatic nitrogens is 3. The third-order valence-corrected chi connectivity index (χ3v) is 6.36. The minimum Gasteiger partial charge on any atom is -0.467 e. The maximum atomic E-state index is 13.9. The number of aromatic amines is 1. The van der Waals surface area contributed by atoms with Crippen LogP contribution < -0.4 is 11.2 Å². The van der Waals surface area contributed by atoms with E-state index < -0.39 is 23.3 Å². The maximum absolute atomic E-state index is 13.9. The van der Waals surface area contributed by atoms with E-state index in [1.165, 1.54) is 7.11 Å². The molecule has 0 bridgehead atoms. The smallest absolute Gasteiger partial charge is 0.332 e. The number of fused-ring (bicyclic) bond motifs is 2. The summed E-state index contributed by atoms with van der Waals surface area (Å²) in [5.74, 6) is -0.594. The molecule has 2 aromatic heterocycles. The quantitative estimate of drug-likeness (QED) is 0.444. The number of carbonyl (C=O) groups is 1. The summed E-state index contributed by atoms with van der Waals surface area (Å²) in [6.45, 7) is 7.94. The van der Waals surface area contributed by atoms with Crippen molar-refractivity contribution < 1.29 is 9.53 Å². The highest BCUT2D eigenvalue weighted by molar-refractivity contribution is 5.88.